The van der Waals surface area contributed by atoms with E-state index in [9.17, 15) is 0 Å². The highest BCUT2D eigenvalue weighted by Crippen LogP contribution is 2.14. The minimum atomic E-state index is 1.11. The summed E-state index contributed by atoms with van der Waals surface area (Å²) in [6.07, 6.45) is 8.17. The van der Waals surface area contributed by atoms with E-state index in [1.807, 2.05) is 0 Å². The number of nitrogens with one attached hydrogen (secondary N) is 1. The van der Waals surface area contributed by atoms with Crippen molar-refractivity contribution in [1.29, 1.82) is 0 Å². The molecule has 0 saturated carbocycles. The zero-order valence-electron chi connectivity index (χ0n) is 11.7. The van der Waals surface area contributed by atoms with Crippen LogP contribution in [0.1, 0.15) is 56.6 Å². The van der Waals surface area contributed by atoms with Gasteiger partial charge in [-0.15, -0.1) is 0 Å². The van der Waals surface area contributed by atoms with E-state index in [0.29, 0.717) is 0 Å². The number of anilines is 1. The molecule has 0 aliphatic heterocycles. The van der Waals surface area contributed by atoms with Gasteiger partial charge < -0.3 is 5.32 Å². The van der Waals surface area contributed by atoms with Crippen molar-refractivity contribution in [3.8, 4) is 0 Å². The number of hydrogen-bond acceptors (Lipinski definition) is 1. The lowest BCUT2D eigenvalue weighted by Gasteiger charge is -2.08. The Hall–Kier alpha value is -0.980. The molecule has 0 amide bonds. The molecule has 0 unspecified atom stereocenters. The van der Waals surface area contributed by atoms with Crippen LogP contribution in [0.3, 0.4) is 0 Å². The molecule has 0 saturated heterocycles. The van der Waals surface area contributed by atoms with Gasteiger partial charge in [0.1, 0.15) is 0 Å². The number of aryl methyl sites for hydroxylation is 2. The standard InChI is InChI=1S/C16H27N/c1-4-5-6-7-8-9-12-17-16-11-10-14(2)15(3)13-16/h10-11,13,17H,4-9,12H2,1-3H3. The number of unbranched alkanes of at least 4 members (excludes halogenated alkanes) is 5. The van der Waals surface area contributed by atoms with Crippen molar-refractivity contribution in [3.63, 3.8) is 0 Å². The van der Waals surface area contributed by atoms with Gasteiger partial charge in [-0.1, -0.05) is 45.1 Å². The highest BCUT2D eigenvalue weighted by Gasteiger charge is 1.95. The van der Waals surface area contributed by atoms with Crippen molar-refractivity contribution >= 4 is 5.69 Å². The molecular formula is C16H27N. The maximum absolute atomic E-state index is 3.50. The molecule has 0 aromatic heterocycles. The van der Waals surface area contributed by atoms with Gasteiger partial charge in [0.2, 0.25) is 0 Å². The van der Waals surface area contributed by atoms with Gasteiger partial charge in [-0.25, -0.2) is 0 Å². The summed E-state index contributed by atoms with van der Waals surface area (Å²) in [5.41, 5.74) is 4.01. The van der Waals surface area contributed by atoms with Gasteiger partial charge in [-0.3, -0.25) is 0 Å². The van der Waals surface area contributed by atoms with Crippen molar-refractivity contribution in [2.24, 2.45) is 0 Å². The van der Waals surface area contributed by atoms with E-state index < -0.39 is 0 Å². The fraction of sp³-hybridized carbons (Fsp3) is 0.625. The van der Waals surface area contributed by atoms with E-state index in [4.69, 9.17) is 0 Å². The fourth-order valence-corrected chi connectivity index (χ4v) is 1.99. The third kappa shape index (κ3) is 5.76. The van der Waals surface area contributed by atoms with Crippen LogP contribution in [0.5, 0.6) is 0 Å². The van der Waals surface area contributed by atoms with Gasteiger partial charge >= 0.3 is 0 Å². The van der Waals surface area contributed by atoms with Gasteiger partial charge in [0, 0.05) is 12.2 Å². The van der Waals surface area contributed by atoms with E-state index in [1.54, 1.807) is 0 Å². The Morgan fingerprint density at radius 3 is 2.29 bits per heavy atom. The van der Waals surface area contributed by atoms with Crippen LogP contribution in [0, 0.1) is 13.8 Å². The normalized spacial score (nSPS) is 10.5. The first kappa shape index (κ1) is 14.1. The summed E-state index contributed by atoms with van der Waals surface area (Å²) in [4.78, 5) is 0. The lowest BCUT2D eigenvalue weighted by Crippen LogP contribution is -2.01. The van der Waals surface area contributed by atoms with E-state index in [-0.39, 0.29) is 0 Å². The van der Waals surface area contributed by atoms with Gasteiger partial charge in [0.05, 0.1) is 0 Å². The first-order valence-corrected chi connectivity index (χ1v) is 7.05. The van der Waals surface area contributed by atoms with Crippen molar-refractivity contribution in [2.45, 2.75) is 59.3 Å². The fourth-order valence-electron chi connectivity index (χ4n) is 1.99. The third-order valence-corrected chi connectivity index (χ3v) is 3.37. The Balaban J connectivity index is 2.11. The molecule has 1 heteroatoms. The molecule has 0 aliphatic carbocycles. The molecule has 1 aromatic rings. The van der Waals surface area contributed by atoms with Gasteiger partial charge in [-0.05, 0) is 43.5 Å². The average molecular weight is 233 g/mol. The molecule has 96 valence electrons. The average Bonchev–Trinajstić information content (AvgIpc) is 2.32. The molecule has 0 fully saturated rings. The SMILES string of the molecule is CCCCCCCCNc1ccc(C)c(C)c1. The topological polar surface area (TPSA) is 12.0 Å². The van der Waals surface area contributed by atoms with Crippen molar-refractivity contribution in [3.05, 3.63) is 29.3 Å². The van der Waals surface area contributed by atoms with Gasteiger partial charge in [-0.2, -0.15) is 0 Å². The van der Waals surface area contributed by atoms with Crippen LogP contribution in [0.4, 0.5) is 5.69 Å². The number of benzene rings is 1. The third-order valence-electron chi connectivity index (χ3n) is 3.37. The Kier molecular flexibility index (Phi) is 6.76. The number of rotatable bonds is 8. The molecule has 0 atom stereocenters. The molecule has 1 N–H and O–H groups in total. The van der Waals surface area contributed by atoms with Crippen LogP contribution in [0.2, 0.25) is 0 Å². The second-order valence-corrected chi connectivity index (χ2v) is 4.99. The lowest BCUT2D eigenvalue weighted by molar-refractivity contribution is 0.617. The second kappa shape index (κ2) is 8.16. The monoisotopic (exact) mass is 233 g/mol. The van der Waals surface area contributed by atoms with Gasteiger partial charge in [0.25, 0.3) is 0 Å². The second-order valence-electron chi connectivity index (χ2n) is 4.99. The van der Waals surface area contributed by atoms with Crippen LogP contribution in [-0.2, 0) is 0 Å². The smallest absolute Gasteiger partial charge is 0.0342 e. The highest BCUT2D eigenvalue weighted by atomic mass is 14.9. The van der Waals surface area contributed by atoms with Crippen LogP contribution in [0.25, 0.3) is 0 Å². The molecule has 0 bridgehead atoms. The Morgan fingerprint density at radius 1 is 0.882 bits per heavy atom. The molecule has 0 heterocycles. The summed E-state index contributed by atoms with van der Waals surface area (Å²) in [6.45, 7) is 7.70. The molecule has 1 aromatic carbocycles. The number of hydrogen-bond donors (Lipinski definition) is 1. The molecule has 0 spiro atoms. The molecule has 1 nitrogen and oxygen atoms in total. The van der Waals surface area contributed by atoms with Crippen molar-refractivity contribution in [1.82, 2.24) is 0 Å². The lowest BCUT2D eigenvalue weighted by atomic mass is 10.1. The molecule has 17 heavy (non-hydrogen) atoms. The summed E-state index contributed by atoms with van der Waals surface area (Å²) in [5, 5.41) is 3.50. The maximum atomic E-state index is 3.50. The van der Waals surface area contributed by atoms with E-state index in [2.05, 4.69) is 44.3 Å². The summed E-state index contributed by atoms with van der Waals surface area (Å²) < 4.78 is 0. The summed E-state index contributed by atoms with van der Waals surface area (Å²) in [7, 11) is 0. The molecule has 1 rings (SSSR count). The largest absolute Gasteiger partial charge is 0.385 e. The first-order chi connectivity index (χ1) is 8.24. The minimum Gasteiger partial charge on any atom is -0.385 e. The molecule has 0 aliphatic rings. The summed E-state index contributed by atoms with van der Waals surface area (Å²) in [6, 6.07) is 6.62. The minimum absolute atomic E-state index is 1.11. The summed E-state index contributed by atoms with van der Waals surface area (Å²) >= 11 is 0. The molecular weight excluding hydrogens is 206 g/mol. The Morgan fingerprint density at radius 2 is 1.59 bits per heavy atom. The van der Waals surface area contributed by atoms with Gasteiger partial charge in [0.15, 0.2) is 0 Å². The quantitative estimate of drug-likeness (QED) is 0.618. The predicted octanol–water partition coefficient (Wildman–Crippen LogP) is 5.08. The van der Waals surface area contributed by atoms with E-state index in [1.165, 1.54) is 55.3 Å². The van der Waals surface area contributed by atoms with E-state index in [0.717, 1.165) is 6.54 Å². The van der Waals surface area contributed by atoms with Crippen LogP contribution >= 0.6 is 0 Å². The predicted molar refractivity (Wildman–Crippen MR) is 77.8 cm³/mol. The Labute approximate surface area is 107 Å². The van der Waals surface area contributed by atoms with Crippen LogP contribution in [-0.4, -0.2) is 6.54 Å². The summed E-state index contributed by atoms with van der Waals surface area (Å²) in [5.74, 6) is 0. The zero-order valence-corrected chi connectivity index (χ0v) is 11.7. The highest BCUT2D eigenvalue weighted by molar-refractivity contribution is 5.47. The van der Waals surface area contributed by atoms with Crippen molar-refractivity contribution < 1.29 is 0 Å². The first-order valence-electron chi connectivity index (χ1n) is 7.05. The zero-order chi connectivity index (χ0) is 12.5. The maximum Gasteiger partial charge on any atom is 0.0342 e. The van der Waals surface area contributed by atoms with Crippen molar-refractivity contribution in [2.75, 3.05) is 11.9 Å². The van der Waals surface area contributed by atoms with E-state index >= 15 is 0 Å². The molecule has 0 radical (unpaired) electrons. The van der Waals surface area contributed by atoms with Crippen LogP contribution in [0.15, 0.2) is 18.2 Å². The van der Waals surface area contributed by atoms with Crippen LogP contribution < -0.4 is 5.32 Å². The Bertz CT molecular complexity index is 317.